The predicted octanol–water partition coefficient (Wildman–Crippen LogP) is 18.5. The van der Waals surface area contributed by atoms with Crippen molar-refractivity contribution in [2.45, 2.75) is 303 Å². The van der Waals surface area contributed by atoms with Gasteiger partial charge < -0.3 is 14.2 Å². The van der Waals surface area contributed by atoms with E-state index in [9.17, 15) is 14.4 Å². The van der Waals surface area contributed by atoms with Crippen molar-refractivity contribution in [2.24, 2.45) is 0 Å². The number of esters is 3. The number of hydrogen-bond acceptors (Lipinski definition) is 6. The maximum atomic E-state index is 12.8. The monoisotopic (exact) mass is 899 g/mol. The van der Waals surface area contributed by atoms with E-state index in [1.165, 1.54) is 180 Å². The summed E-state index contributed by atoms with van der Waals surface area (Å²) in [5.74, 6) is -0.876. The summed E-state index contributed by atoms with van der Waals surface area (Å²) in [6.45, 7) is 6.62. The van der Waals surface area contributed by atoms with Crippen LogP contribution in [0.25, 0.3) is 0 Å². The Morgan fingerprint density at radius 1 is 0.312 bits per heavy atom. The summed E-state index contributed by atoms with van der Waals surface area (Å²) < 4.78 is 16.8. The van der Waals surface area contributed by atoms with Gasteiger partial charge >= 0.3 is 17.9 Å². The molecule has 0 aromatic rings. The normalized spacial score (nSPS) is 12.2. The lowest BCUT2D eigenvalue weighted by molar-refractivity contribution is -0.167. The van der Waals surface area contributed by atoms with E-state index in [1.54, 1.807) is 0 Å². The Labute approximate surface area is 397 Å². The lowest BCUT2D eigenvalue weighted by atomic mass is 10.0. The molecular formula is C58H106O6. The molecule has 374 valence electrons. The second-order valence-corrected chi connectivity index (χ2v) is 18.8. The lowest BCUT2D eigenvalue weighted by Crippen LogP contribution is -2.30. The van der Waals surface area contributed by atoms with Crippen LogP contribution in [0.4, 0.5) is 0 Å². The molecule has 0 aliphatic heterocycles. The Morgan fingerprint density at radius 2 is 0.562 bits per heavy atom. The van der Waals surface area contributed by atoms with Crippen LogP contribution >= 0.6 is 0 Å². The molecule has 0 aliphatic rings. The second-order valence-electron chi connectivity index (χ2n) is 18.8. The van der Waals surface area contributed by atoms with Crippen LogP contribution in [0.15, 0.2) is 36.5 Å². The van der Waals surface area contributed by atoms with E-state index in [1.807, 2.05) is 0 Å². The van der Waals surface area contributed by atoms with Gasteiger partial charge in [-0.25, -0.2) is 0 Å². The van der Waals surface area contributed by atoms with Gasteiger partial charge in [-0.05, 0) is 77.0 Å². The highest BCUT2D eigenvalue weighted by Crippen LogP contribution is 2.16. The molecule has 0 saturated heterocycles. The predicted molar refractivity (Wildman–Crippen MR) is 275 cm³/mol. The van der Waals surface area contributed by atoms with E-state index >= 15 is 0 Å². The number of unbranched alkanes of at least 4 members (excludes halogenated alkanes) is 34. The lowest BCUT2D eigenvalue weighted by Gasteiger charge is -2.18. The molecule has 0 spiro atoms. The van der Waals surface area contributed by atoms with Crippen molar-refractivity contribution in [1.82, 2.24) is 0 Å². The minimum Gasteiger partial charge on any atom is -0.462 e. The average molecular weight is 899 g/mol. The van der Waals surface area contributed by atoms with Gasteiger partial charge in [0, 0.05) is 19.3 Å². The molecule has 0 N–H and O–H groups in total. The van der Waals surface area contributed by atoms with Crippen LogP contribution in [0, 0.1) is 0 Å². The quantitative estimate of drug-likeness (QED) is 0.0262. The van der Waals surface area contributed by atoms with Gasteiger partial charge in [-0.15, -0.1) is 0 Å². The maximum Gasteiger partial charge on any atom is 0.306 e. The molecule has 0 aromatic heterocycles. The Hall–Kier alpha value is -2.37. The van der Waals surface area contributed by atoms with Gasteiger partial charge in [-0.2, -0.15) is 0 Å². The van der Waals surface area contributed by atoms with Crippen molar-refractivity contribution in [2.75, 3.05) is 13.2 Å². The van der Waals surface area contributed by atoms with E-state index in [-0.39, 0.29) is 31.1 Å². The largest absolute Gasteiger partial charge is 0.462 e. The van der Waals surface area contributed by atoms with E-state index in [4.69, 9.17) is 14.2 Å². The van der Waals surface area contributed by atoms with Gasteiger partial charge in [0.25, 0.3) is 0 Å². The summed E-state index contributed by atoms with van der Waals surface area (Å²) in [6, 6.07) is 0. The molecule has 0 aliphatic carbocycles. The number of hydrogen-bond donors (Lipinski definition) is 0. The van der Waals surface area contributed by atoms with Crippen LogP contribution in [-0.2, 0) is 28.6 Å². The topological polar surface area (TPSA) is 78.9 Å². The third-order valence-corrected chi connectivity index (χ3v) is 12.4. The Bertz CT molecular complexity index is 1080. The molecule has 0 fully saturated rings. The molecule has 0 saturated carbocycles. The first kappa shape index (κ1) is 61.6. The van der Waals surface area contributed by atoms with Gasteiger partial charge in [0.2, 0.25) is 0 Å². The molecule has 64 heavy (non-hydrogen) atoms. The van der Waals surface area contributed by atoms with Crippen molar-refractivity contribution >= 4 is 17.9 Å². The molecule has 0 bridgehead atoms. The zero-order valence-corrected chi connectivity index (χ0v) is 42.8. The van der Waals surface area contributed by atoms with Crippen LogP contribution in [0.2, 0.25) is 0 Å². The molecule has 0 rings (SSSR count). The Morgan fingerprint density at radius 3 is 0.922 bits per heavy atom. The molecule has 0 heterocycles. The second kappa shape index (κ2) is 53.2. The fraction of sp³-hybridized carbons (Fsp3) is 0.845. The SMILES string of the molecule is CCCCC/C=C\C/C=C\CCCCCCCCCC(=O)OCC(COC(=O)CCCCCCC/C=C\CCCCCC)OC(=O)CCCCCCCCCCCCCCCCCC. The maximum absolute atomic E-state index is 12.8. The van der Waals surface area contributed by atoms with Crippen molar-refractivity contribution in [3.63, 3.8) is 0 Å². The number of rotatable bonds is 51. The highest BCUT2D eigenvalue weighted by molar-refractivity contribution is 5.71. The van der Waals surface area contributed by atoms with Crippen LogP contribution < -0.4 is 0 Å². The fourth-order valence-electron chi connectivity index (χ4n) is 8.12. The molecule has 0 aromatic carbocycles. The molecule has 0 amide bonds. The molecule has 1 atom stereocenters. The summed E-state index contributed by atoms with van der Waals surface area (Å²) in [4.78, 5) is 38.1. The van der Waals surface area contributed by atoms with E-state index < -0.39 is 6.10 Å². The van der Waals surface area contributed by atoms with Gasteiger partial charge in [0.05, 0.1) is 0 Å². The van der Waals surface area contributed by atoms with E-state index in [2.05, 4.69) is 57.2 Å². The summed E-state index contributed by atoms with van der Waals surface area (Å²) >= 11 is 0. The number of allylic oxidation sites excluding steroid dienone is 6. The smallest absolute Gasteiger partial charge is 0.306 e. The summed E-state index contributed by atoms with van der Waals surface area (Å²) in [5, 5.41) is 0. The molecule has 0 radical (unpaired) electrons. The van der Waals surface area contributed by atoms with E-state index in [0.717, 1.165) is 77.0 Å². The standard InChI is InChI=1S/C58H106O6/c1-4-7-10-13-16-19-22-25-27-29-31-33-36-39-42-45-48-51-57(60)63-54-55(53-62-56(59)50-47-44-41-38-35-32-24-21-18-15-12-9-6-3)64-58(61)52-49-46-43-40-37-34-30-28-26-23-20-17-14-11-8-5-2/h16,19,21,24-25,27,55H,4-15,17-18,20,22-23,26,28-54H2,1-3H3/b19-16-,24-21-,27-25-. The van der Waals surface area contributed by atoms with Crippen LogP contribution in [0.5, 0.6) is 0 Å². The van der Waals surface area contributed by atoms with Gasteiger partial charge in [-0.1, -0.05) is 237 Å². The van der Waals surface area contributed by atoms with Crippen LogP contribution in [0.1, 0.15) is 297 Å². The first-order valence-corrected chi connectivity index (χ1v) is 28.0. The third kappa shape index (κ3) is 50.6. The molecule has 6 heteroatoms. The average Bonchev–Trinajstić information content (AvgIpc) is 3.29. The molecular weight excluding hydrogens is 793 g/mol. The van der Waals surface area contributed by atoms with Gasteiger partial charge in [0.1, 0.15) is 13.2 Å². The zero-order chi connectivity index (χ0) is 46.5. The highest BCUT2D eigenvalue weighted by atomic mass is 16.6. The van der Waals surface area contributed by atoms with Crippen molar-refractivity contribution in [3.05, 3.63) is 36.5 Å². The first-order valence-electron chi connectivity index (χ1n) is 28.0. The summed E-state index contributed by atoms with van der Waals surface area (Å²) in [7, 11) is 0. The molecule has 1 unspecified atom stereocenters. The van der Waals surface area contributed by atoms with Gasteiger partial charge in [-0.3, -0.25) is 14.4 Å². The van der Waals surface area contributed by atoms with Crippen molar-refractivity contribution < 1.29 is 28.6 Å². The highest BCUT2D eigenvalue weighted by Gasteiger charge is 2.19. The van der Waals surface area contributed by atoms with E-state index in [0.29, 0.717) is 19.3 Å². The Balaban J connectivity index is 4.36. The summed E-state index contributed by atoms with van der Waals surface area (Å²) in [5.41, 5.74) is 0. The number of carbonyl (C=O) groups excluding carboxylic acids is 3. The first-order chi connectivity index (χ1) is 31.5. The van der Waals surface area contributed by atoms with Crippen molar-refractivity contribution in [3.8, 4) is 0 Å². The van der Waals surface area contributed by atoms with Crippen LogP contribution in [0.3, 0.4) is 0 Å². The van der Waals surface area contributed by atoms with Crippen LogP contribution in [-0.4, -0.2) is 37.2 Å². The third-order valence-electron chi connectivity index (χ3n) is 12.4. The minimum absolute atomic E-state index is 0.0757. The van der Waals surface area contributed by atoms with Gasteiger partial charge in [0.15, 0.2) is 6.10 Å². The minimum atomic E-state index is -0.775. The zero-order valence-electron chi connectivity index (χ0n) is 42.8. The van der Waals surface area contributed by atoms with Crippen molar-refractivity contribution in [1.29, 1.82) is 0 Å². The summed E-state index contributed by atoms with van der Waals surface area (Å²) in [6.07, 6.45) is 62.7. The fourth-order valence-corrected chi connectivity index (χ4v) is 8.12. The number of carbonyl (C=O) groups is 3. The number of ether oxygens (including phenoxy) is 3. The Kier molecular flexibility index (Phi) is 51.3. The molecule has 6 nitrogen and oxygen atoms in total.